The molecular formula is C11H12BrFS. The predicted octanol–water partition coefficient (Wildman–Crippen LogP) is 4.14. The van der Waals surface area contributed by atoms with Gasteiger partial charge in [-0.15, -0.1) is 0 Å². The molecule has 1 aliphatic rings. The lowest BCUT2D eigenvalue weighted by atomic mass is 9.90. The molecule has 0 aromatic heterocycles. The molecule has 0 saturated carbocycles. The van der Waals surface area contributed by atoms with E-state index in [0.29, 0.717) is 12.8 Å². The van der Waals surface area contributed by atoms with E-state index in [1.54, 1.807) is 0 Å². The van der Waals surface area contributed by atoms with Gasteiger partial charge in [0.2, 0.25) is 0 Å². The molecule has 0 aliphatic carbocycles. The van der Waals surface area contributed by atoms with E-state index in [0.717, 1.165) is 21.5 Å². The van der Waals surface area contributed by atoms with Gasteiger partial charge in [-0.3, -0.25) is 0 Å². The summed E-state index contributed by atoms with van der Waals surface area (Å²) in [6.07, 6.45) is 1.29. The van der Waals surface area contributed by atoms with Crippen LogP contribution in [0, 0.1) is 0 Å². The lowest BCUT2D eigenvalue weighted by Gasteiger charge is -2.29. The van der Waals surface area contributed by atoms with E-state index in [4.69, 9.17) is 0 Å². The largest absolute Gasteiger partial charge is 0.239 e. The van der Waals surface area contributed by atoms with Crippen LogP contribution in [0.2, 0.25) is 0 Å². The quantitative estimate of drug-likeness (QED) is 0.742. The van der Waals surface area contributed by atoms with Gasteiger partial charge in [-0.05, 0) is 42.0 Å². The standard InChI is InChI=1S/C11H12BrFS/c12-10-3-1-2-9(8-10)11(13)4-6-14-7-5-11/h1-3,8H,4-7H2. The minimum absolute atomic E-state index is 0.647. The van der Waals surface area contributed by atoms with Gasteiger partial charge in [-0.2, -0.15) is 11.8 Å². The molecule has 1 aliphatic heterocycles. The Hall–Kier alpha value is -0.0200. The molecular weight excluding hydrogens is 263 g/mol. The van der Waals surface area contributed by atoms with Crippen molar-refractivity contribution in [3.63, 3.8) is 0 Å². The van der Waals surface area contributed by atoms with Crippen molar-refractivity contribution in [1.29, 1.82) is 0 Å². The van der Waals surface area contributed by atoms with E-state index in [1.165, 1.54) is 0 Å². The van der Waals surface area contributed by atoms with E-state index in [1.807, 2.05) is 36.0 Å². The third kappa shape index (κ3) is 2.14. The molecule has 2 rings (SSSR count). The zero-order valence-corrected chi connectivity index (χ0v) is 10.2. The molecule has 0 radical (unpaired) electrons. The Morgan fingerprint density at radius 3 is 2.64 bits per heavy atom. The van der Waals surface area contributed by atoms with Crippen molar-refractivity contribution in [1.82, 2.24) is 0 Å². The summed E-state index contributed by atoms with van der Waals surface area (Å²) in [6, 6.07) is 7.63. The molecule has 0 amide bonds. The van der Waals surface area contributed by atoms with E-state index in [2.05, 4.69) is 15.9 Å². The maximum atomic E-state index is 14.5. The van der Waals surface area contributed by atoms with Crippen molar-refractivity contribution in [2.45, 2.75) is 18.5 Å². The molecule has 1 fully saturated rings. The fraction of sp³-hybridized carbons (Fsp3) is 0.455. The van der Waals surface area contributed by atoms with Crippen LogP contribution in [0.3, 0.4) is 0 Å². The van der Waals surface area contributed by atoms with Crippen LogP contribution in [-0.4, -0.2) is 11.5 Å². The van der Waals surface area contributed by atoms with Gasteiger partial charge in [0.05, 0.1) is 0 Å². The Morgan fingerprint density at radius 2 is 2.00 bits per heavy atom. The lowest BCUT2D eigenvalue weighted by Crippen LogP contribution is -2.25. The van der Waals surface area contributed by atoms with Crippen molar-refractivity contribution in [2.75, 3.05) is 11.5 Å². The highest BCUT2D eigenvalue weighted by Crippen LogP contribution is 2.40. The number of benzene rings is 1. The first kappa shape index (κ1) is 10.5. The summed E-state index contributed by atoms with van der Waals surface area (Å²) in [5, 5.41) is 0. The van der Waals surface area contributed by atoms with Crippen molar-refractivity contribution in [3.05, 3.63) is 34.3 Å². The normalized spacial score (nSPS) is 20.7. The first-order valence-corrected chi connectivity index (χ1v) is 6.68. The molecule has 76 valence electrons. The van der Waals surface area contributed by atoms with Gasteiger partial charge in [0.15, 0.2) is 0 Å². The van der Waals surface area contributed by atoms with Gasteiger partial charge in [0.25, 0.3) is 0 Å². The fourth-order valence-electron chi connectivity index (χ4n) is 1.75. The monoisotopic (exact) mass is 274 g/mol. The Bertz CT molecular complexity index is 321. The number of thioether (sulfide) groups is 1. The topological polar surface area (TPSA) is 0 Å². The van der Waals surface area contributed by atoms with E-state index < -0.39 is 5.67 Å². The maximum Gasteiger partial charge on any atom is 0.137 e. The molecule has 0 nitrogen and oxygen atoms in total. The Kier molecular flexibility index (Phi) is 3.17. The Labute approximate surface area is 96.4 Å². The minimum atomic E-state index is -1.09. The van der Waals surface area contributed by atoms with Crippen LogP contribution in [0.4, 0.5) is 4.39 Å². The molecule has 0 unspecified atom stereocenters. The van der Waals surface area contributed by atoms with E-state index in [9.17, 15) is 4.39 Å². The van der Waals surface area contributed by atoms with Gasteiger partial charge in [0.1, 0.15) is 5.67 Å². The Balaban J connectivity index is 2.28. The van der Waals surface area contributed by atoms with Crippen LogP contribution in [0.1, 0.15) is 18.4 Å². The summed E-state index contributed by atoms with van der Waals surface area (Å²) < 4.78 is 15.4. The van der Waals surface area contributed by atoms with Gasteiger partial charge >= 0.3 is 0 Å². The molecule has 14 heavy (non-hydrogen) atoms. The number of hydrogen-bond acceptors (Lipinski definition) is 1. The van der Waals surface area contributed by atoms with Gasteiger partial charge < -0.3 is 0 Å². The maximum absolute atomic E-state index is 14.5. The third-order valence-corrected chi connectivity index (χ3v) is 4.11. The van der Waals surface area contributed by atoms with Gasteiger partial charge in [-0.1, -0.05) is 28.1 Å². The number of hydrogen-bond donors (Lipinski definition) is 0. The molecule has 1 aromatic carbocycles. The SMILES string of the molecule is FC1(c2cccc(Br)c2)CCSCC1. The molecule has 3 heteroatoms. The summed E-state index contributed by atoms with van der Waals surface area (Å²) >= 11 is 5.23. The highest BCUT2D eigenvalue weighted by molar-refractivity contribution is 9.10. The second kappa shape index (κ2) is 4.23. The highest BCUT2D eigenvalue weighted by atomic mass is 79.9. The number of rotatable bonds is 1. The zero-order chi connectivity index (χ0) is 10.0. The van der Waals surface area contributed by atoms with Crippen molar-refractivity contribution >= 4 is 27.7 Å². The average molecular weight is 275 g/mol. The predicted molar refractivity (Wildman–Crippen MR) is 63.5 cm³/mol. The second-order valence-corrected chi connectivity index (χ2v) is 5.73. The van der Waals surface area contributed by atoms with Crippen LogP contribution < -0.4 is 0 Å². The molecule has 1 aromatic rings. The van der Waals surface area contributed by atoms with Crippen LogP contribution in [0.25, 0.3) is 0 Å². The van der Waals surface area contributed by atoms with Crippen LogP contribution in [0.5, 0.6) is 0 Å². The summed E-state index contributed by atoms with van der Waals surface area (Å²) in [5.74, 6) is 1.87. The molecule has 0 N–H and O–H groups in total. The van der Waals surface area contributed by atoms with Crippen molar-refractivity contribution < 1.29 is 4.39 Å². The summed E-state index contributed by atoms with van der Waals surface area (Å²) in [7, 11) is 0. The van der Waals surface area contributed by atoms with Crippen LogP contribution in [-0.2, 0) is 5.67 Å². The fourth-order valence-corrected chi connectivity index (χ4v) is 3.29. The smallest absolute Gasteiger partial charge is 0.137 e. The molecule has 0 bridgehead atoms. The first-order chi connectivity index (χ1) is 6.71. The Morgan fingerprint density at radius 1 is 1.29 bits per heavy atom. The van der Waals surface area contributed by atoms with Gasteiger partial charge in [-0.25, -0.2) is 4.39 Å². The van der Waals surface area contributed by atoms with Crippen molar-refractivity contribution in [2.24, 2.45) is 0 Å². The zero-order valence-electron chi connectivity index (χ0n) is 7.80. The van der Waals surface area contributed by atoms with Crippen LogP contribution in [0.15, 0.2) is 28.7 Å². The van der Waals surface area contributed by atoms with Gasteiger partial charge in [0, 0.05) is 4.47 Å². The third-order valence-electron chi connectivity index (χ3n) is 2.63. The highest BCUT2D eigenvalue weighted by Gasteiger charge is 2.33. The summed E-state index contributed by atoms with van der Waals surface area (Å²) in [6.45, 7) is 0. The van der Waals surface area contributed by atoms with Crippen LogP contribution >= 0.6 is 27.7 Å². The van der Waals surface area contributed by atoms with E-state index >= 15 is 0 Å². The number of halogens is 2. The lowest BCUT2D eigenvalue weighted by molar-refractivity contribution is 0.151. The minimum Gasteiger partial charge on any atom is -0.239 e. The average Bonchev–Trinajstić information content (AvgIpc) is 2.19. The summed E-state index contributed by atoms with van der Waals surface area (Å²) in [4.78, 5) is 0. The second-order valence-electron chi connectivity index (χ2n) is 3.59. The number of alkyl halides is 1. The molecule has 0 spiro atoms. The van der Waals surface area contributed by atoms with E-state index in [-0.39, 0.29) is 0 Å². The van der Waals surface area contributed by atoms with Crippen molar-refractivity contribution in [3.8, 4) is 0 Å². The first-order valence-electron chi connectivity index (χ1n) is 4.73. The molecule has 1 saturated heterocycles. The summed E-state index contributed by atoms with van der Waals surface area (Å²) in [5.41, 5.74) is -0.262. The molecule has 0 atom stereocenters. The molecule has 1 heterocycles.